The van der Waals surface area contributed by atoms with E-state index in [4.69, 9.17) is 0 Å². The van der Waals surface area contributed by atoms with Gasteiger partial charge in [-0.25, -0.2) is 4.79 Å². The molecule has 3 rings (SSSR count). The minimum Gasteiger partial charge on any atom is -0.348 e. The van der Waals surface area contributed by atoms with E-state index < -0.39 is 0 Å². The molecule has 9 heteroatoms. The van der Waals surface area contributed by atoms with E-state index in [1.807, 2.05) is 26.0 Å². The van der Waals surface area contributed by atoms with Crippen LogP contribution in [-0.2, 0) is 17.9 Å². The molecule has 166 valence electrons. The summed E-state index contributed by atoms with van der Waals surface area (Å²) in [4.78, 5) is 36.5. The van der Waals surface area contributed by atoms with Gasteiger partial charge in [-0.3, -0.25) is 14.3 Å². The molecular weight excluding hydrogens is 408 g/mol. The lowest BCUT2D eigenvalue weighted by molar-refractivity contribution is -0.116. The van der Waals surface area contributed by atoms with Crippen LogP contribution in [-0.4, -0.2) is 33.7 Å². The van der Waals surface area contributed by atoms with Crippen LogP contribution < -0.4 is 21.3 Å². The van der Waals surface area contributed by atoms with Gasteiger partial charge >= 0.3 is 6.03 Å². The van der Waals surface area contributed by atoms with Gasteiger partial charge in [-0.15, -0.1) is 0 Å². The summed E-state index contributed by atoms with van der Waals surface area (Å²) >= 11 is 0. The summed E-state index contributed by atoms with van der Waals surface area (Å²) in [5, 5.41) is 15.1. The van der Waals surface area contributed by atoms with Crippen LogP contribution in [0.2, 0.25) is 0 Å². The van der Waals surface area contributed by atoms with Crippen molar-refractivity contribution in [3.05, 3.63) is 78.1 Å². The molecule has 0 aliphatic heterocycles. The number of benzene rings is 2. The first-order valence-electron chi connectivity index (χ1n) is 10.2. The van der Waals surface area contributed by atoms with E-state index >= 15 is 0 Å². The van der Waals surface area contributed by atoms with Crippen LogP contribution in [0.1, 0.15) is 29.8 Å². The number of hydrogen-bond donors (Lipinski definition) is 4. The number of amides is 4. The van der Waals surface area contributed by atoms with Crippen molar-refractivity contribution in [1.29, 1.82) is 0 Å². The Bertz CT molecular complexity index is 1080. The number of aromatic nitrogens is 2. The molecule has 2 aromatic carbocycles. The van der Waals surface area contributed by atoms with Crippen molar-refractivity contribution in [2.45, 2.75) is 33.0 Å². The fourth-order valence-electron chi connectivity index (χ4n) is 2.95. The quantitative estimate of drug-likeness (QED) is 0.436. The van der Waals surface area contributed by atoms with E-state index in [0.717, 1.165) is 5.56 Å². The van der Waals surface area contributed by atoms with Crippen LogP contribution >= 0.6 is 0 Å². The summed E-state index contributed by atoms with van der Waals surface area (Å²) in [7, 11) is 0. The molecule has 1 heterocycles. The molecule has 3 aromatic rings. The predicted octanol–water partition coefficient (Wildman–Crippen LogP) is 2.98. The second kappa shape index (κ2) is 10.8. The molecule has 0 saturated heterocycles. The Labute approximate surface area is 186 Å². The number of nitrogens with one attached hydrogen (secondary N) is 4. The number of hydrogen-bond acceptors (Lipinski definition) is 4. The maximum absolute atomic E-state index is 12.6. The zero-order valence-electron chi connectivity index (χ0n) is 18.0. The molecule has 0 unspecified atom stereocenters. The van der Waals surface area contributed by atoms with Crippen molar-refractivity contribution in [2.75, 3.05) is 10.6 Å². The molecule has 0 radical (unpaired) electrons. The van der Waals surface area contributed by atoms with Crippen molar-refractivity contribution in [1.82, 2.24) is 20.4 Å². The van der Waals surface area contributed by atoms with Crippen LogP contribution in [0.4, 0.5) is 16.2 Å². The highest BCUT2D eigenvalue weighted by atomic mass is 16.2. The molecule has 4 N–H and O–H groups in total. The first-order valence-corrected chi connectivity index (χ1v) is 10.2. The Morgan fingerprint density at radius 2 is 1.72 bits per heavy atom. The van der Waals surface area contributed by atoms with Crippen LogP contribution in [0.5, 0.6) is 0 Å². The summed E-state index contributed by atoms with van der Waals surface area (Å²) in [6, 6.07) is 15.4. The zero-order valence-corrected chi connectivity index (χ0v) is 18.0. The minimum absolute atomic E-state index is 0.00703. The average molecular weight is 435 g/mol. The number of nitrogens with zero attached hydrogens (tertiary/aromatic N) is 2. The number of anilines is 2. The molecule has 0 aliphatic carbocycles. The maximum atomic E-state index is 12.6. The Kier molecular flexibility index (Phi) is 7.58. The fourth-order valence-corrected chi connectivity index (χ4v) is 2.95. The number of urea groups is 1. The Balaban J connectivity index is 1.54. The Morgan fingerprint density at radius 1 is 0.969 bits per heavy atom. The van der Waals surface area contributed by atoms with Crippen LogP contribution in [0.25, 0.3) is 0 Å². The lowest BCUT2D eigenvalue weighted by Crippen LogP contribution is -2.34. The molecule has 0 spiro atoms. The molecular formula is C23H26N6O3. The van der Waals surface area contributed by atoms with E-state index in [1.165, 1.54) is 4.68 Å². The maximum Gasteiger partial charge on any atom is 0.319 e. The van der Waals surface area contributed by atoms with E-state index in [9.17, 15) is 14.4 Å². The van der Waals surface area contributed by atoms with Gasteiger partial charge in [0.25, 0.3) is 5.91 Å². The smallest absolute Gasteiger partial charge is 0.319 e. The monoisotopic (exact) mass is 434 g/mol. The largest absolute Gasteiger partial charge is 0.348 e. The van der Waals surface area contributed by atoms with Crippen molar-refractivity contribution < 1.29 is 14.4 Å². The molecule has 0 fully saturated rings. The molecule has 0 bridgehead atoms. The van der Waals surface area contributed by atoms with Crippen molar-refractivity contribution in [3.63, 3.8) is 0 Å². The van der Waals surface area contributed by atoms with Crippen LogP contribution in [0, 0.1) is 0 Å². The van der Waals surface area contributed by atoms with Crippen LogP contribution in [0.3, 0.4) is 0 Å². The van der Waals surface area contributed by atoms with Crippen molar-refractivity contribution >= 4 is 29.2 Å². The van der Waals surface area contributed by atoms with Gasteiger partial charge in [0.2, 0.25) is 5.91 Å². The first kappa shape index (κ1) is 22.5. The normalized spacial score (nSPS) is 10.5. The Morgan fingerprint density at radius 3 is 2.44 bits per heavy atom. The third-order valence-corrected chi connectivity index (χ3v) is 4.33. The second-order valence-electron chi connectivity index (χ2n) is 7.47. The first-order chi connectivity index (χ1) is 15.4. The molecule has 4 amide bonds. The van der Waals surface area contributed by atoms with E-state index in [1.54, 1.807) is 54.9 Å². The third kappa shape index (κ3) is 6.98. The van der Waals surface area contributed by atoms with Gasteiger partial charge in [0.05, 0.1) is 0 Å². The summed E-state index contributed by atoms with van der Waals surface area (Å²) in [6.45, 7) is 4.13. The zero-order chi connectivity index (χ0) is 22.9. The molecule has 32 heavy (non-hydrogen) atoms. The van der Waals surface area contributed by atoms with E-state index in [-0.39, 0.29) is 37.0 Å². The SMILES string of the molecule is CC(C)NC(=O)Nc1cccc(C(=O)NCc2cccc(NC(=O)Cn3cccn3)c2)c1. The number of carbonyl (C=O) groups is 3. The summed E-state index contributed by atoms with van der Waals surface area (Å²) < 4.78 is 1.54. The Hall–Kier alpha value is -4.14. The molecule has 1 aromatic heterocycles. The highest BCUT2D eigenvalue weighted by Gasteiger charge is 2.09. The van der Waals surface area contributed by atoms with Gasteiger partial charge in [0.15, 0.2) is 0 Å². The standard InChI is InChI=1S/C23H26N6O3/c1-16(2)26-23(32)28-20-9-4-7-18(13-20)22(31)24-14-17-6-3-8-19(12-17)27-21(30)15-29-11-5-10-25-29/h3-13,16H,14-15H2,1-2H3,(H,24,31)(H,27,30)(H2,26,28,32). The highest BCUT2D eigenvalue weighted by Crippen LogP contribution is 2.13. The second-order valence-corrected chi connectivity index (χ2v) is 7.47. The summed E-state index contributed by atoms with van der Waals surface area (Å²) in [5.74, 6) is -0.466. The average Bonchev–Trinajstić information content (AvgIpc) is 3.24. The number of rotatable bonds is 8. The summed E-state index contributed by atoms with van der Waals surface area (Å²) in [6.07, 6.45) is 3.33. The van der Waals surface area contributed by atoms with Crippen LogP contribution in [0.15, 0.2) is 67.0 Å². The molecule has 0 atom stereocenters. The lowest BCUT2D eigenvalue weighted by Gasteiger charge is -2.11. The van der Waals surface area contributed by atoms with Gasteiger partial charge < -0.3 is 21.3 Å². The van der Waals surface area contributed by atoms with Gasteiger partial charge in [0.1, 0.15) is 6.54 Å². The third-order valence-electron chi connectivity index (χ3n) is 4.33. The van der Waals surface area contributed by atoms with Crippen molar-refractivity contribution in [2.24, 2.45) is 0 Å². The van der Waals surface area contributed by atoms with Gasteiger partial charge in [0, 0.05) is 41.9 Å². The molecule has 0 saturated carbocycles. The fraction of sp³-hybridized carbons (Fsp3) is 0.217. The highest BCUT2D eigenvalue weighted by molar-refractivity contribution is 5.97. The topological polar surface area (TPSA) is 117 Å². The minimum atomic E-state index is -0.330. The van der Waals surface area contributed by atoms with Gasteiger partial charge in [-0.2, -0.15) is 5.10 Å². The lowest BCUT2D eigenvalue weighted by atomic mass is 10.1. The van der Waals surface area contributed by atoms with E-state index in [2.05, 4.69) is 26.4 Å². The van der Waals surface area contributed by atoms with Gasteiger partial charge in [-0.1, -0.05) is 18.2 Å². The molecule has 9 nitrogen and oxygen atoms in total. The molecule has 0 aliphatic rings. The van der Waals surface area contributed by atoms with Crippen molar-refractivity contribution in [3.8, 4) is 0 Å². The number of carbonyl (C=O) groups excluding carboxylic acids is 3. The predicted molar refractivity (Wildman–Crippen MR) is 122 cm³/mol. The summed E-state index contributed by atoms with van der Waals surface area (Å²) in [5.41, 5.74) is 2.42. The van der Waals surface area contributed by atoms with Gasteiger partial charge in [-0.05, 0) is 55.8 Å². The van der Waals surface area contributed by atoms with E-state index in [0.29, 0.717) is 16.9 Å².